The Morgan fingerprint density at radius 1 is 1.29 bits per heavy atom. The maximum absolute atomic E-state index is 12.3. The highest BCUT2D eigenvalue weighted by Crippen LogP contribution is 2.18. The minimum atomic E-state index is 0. The Morgan fingerprint density at radius 2 is 2.04 bits per heavy atom. The highest BCUT2D eigenvalue weighted by Gasteiger charge is 2.30. The van der Waals surface area contributed by atoms with E-state index in [0.29, 0.717) is 5.92 Å². The molecule has 2 atom stereocenters. The van der Waals surface area contributed by atoms with Gasteiger partial charge in [-0.05, 0) is 51.5 Å². The lowest BCUT2D eigenvalue weighted by Gasteiger charge is -2.26. The number of likely N-dealkylation sites (N-methyl/N-ethyl adjacent to an activating group) is 1. The van der Waals surface area contributed by atoms with E-state index in [0.717, 1.165) is 77.2 Å². The number of nitrogens with zero attached hydrogens (tertiary/aromatic N) is 3. The second-order valence-electron chi connectivity index (χ2n) is 7.59. The number of aliphatic hydroxyl groups excluding tert-OH is 1. The smallest absolute Gasteiger partial charge is 0.239 e. The summed E-state index contributed by atoms with van der Waals surface area (Å²) in [4.78, 5) is 21.0. The summed E-state index contributed by atoms with van der Waals surface area (Å²) in [5.41, 5.74) is 0. The van der Waals surface area contributed by atoms with Gasteiger partial charge in [0.15, 0.2) is 5.96 Å². The molecule has 1 rings (SSSR count). The fraction of sp³-hybridized carbons (Fsp3) is 0.900. The lowest BCUT2D eigenvalue weighted by atomic mass is 10.0. The van der Waals surface area contributed by atoms with Crippen LogP contribution in [-0.2, 0) is 4.79 Å². The van der Waals surface area contributed by atoms with Crippen molar-refractivity contribution in [2.75, 3.05) is 53.4 Å². The van der Waals surface area contributed by atoms with Crippen LogP contribution < -0.4 is 10.6 Å². The number of likely N-dealkylation sites (tertiary alicyclic amines) is 1. The van der Waals surface area contributed by atoms with Crippen molar-refractivity contribution in [2.45, 2.75) is 58.4 Å². The molecular formula is C20H42IN5O2. The van der Waals surface area contributed by atoms with Crippen LogP contribution in [0.15, 0.2) is 4.99 Å². The van der Waals surface area contributed by atoms with Crippen LogP contribution in [0.2, 0.25) is 0 Å². The Kier molecular flexibility index (Phi) is 15.9. The Hall–Kier alpha value is -0.610. The Morgan fingerprint density at radius 3 is 2.64 bits per heavy atom. The van der Waals surface area contributed by atoms with Gasteiger partial charge in [-0.1, -0.05) is 13.3 Å². The topological polar surface area (TPSA) is 80.2 Å². The highest BCUT2D eigenvalue weighted by atomic mass is 127. The van der Waals surface area contributed by atoms with Crippen molar-refractivity contribution < 1.29 is 9.90 Å². The third kappa shape index (κ3) is 10.2. The second-order valence-corrected chi connectivity index (χ2v) is 7.59. The molecule has 1 saturated heterocycles. The molecule has 1 aliphatic rings. The number of carbonyl (C=O) groups is 1. The zero-order valence-corrected chi connectivity index (χ0v) is 20.6. The van der Waals surface area contributed by atoms with Crippen LogP contribution in [0.1, 0.15) is 52.4 Å². The molecule has 1 fully saturated rings. The van der Waals surface area contributed by atoms with E-state index in [2.05, 4.69) is 29.4 Å². The summed E-state index contributed by atoms with van der Waals surface area (Å²) >= 11 is 0. The molecule has 0 radical (unpaired) electrons. The molecule has 7 nitrogen and oxygen atoms in total. The first-order chi connectivity index (χ1) is 13.0. The zero-order chi connectivity index (χ0) is 20.1. The van der Waals surface area contributed by atoms with Gasteiger partial charge in [-0.3, -0.25) is 14.7 Å². The maximum atomic E-state index is 12.3. The number of carbonyl (C=O) groups excluding carboxylic acids is 1. The molecule has 0 aliphatic carbocycles. The number of guanidine groups is 1. The molecule has 166 valence electrons. The normalized spacial score (nSPS) is 18.5. The van der Waals surface area contributed by atoms with Gasteiger partial charge in [0, 0.05) is 46.9 Å². The van der Waals surface area contributed by atoms with Gasteiger partial charge in [-0.2, -0.15) is 0 Å². The lowest BCUT2D eigenvalue weighted by molar-refractivity contribution is -0.133. The minimum Gasteiger partial charge on any atom is -0.396 e. The molecule has 0 aromatic heterocycles. The number of hydrogen-bond acceptors (Lipinski definition) is 4. The fourth-order valence-electron chi connectivity index (χ4n) is 3.64. The largest absolute Gasteiger partial charge is 0.396 e. The molecule has 8 heteroatoms. The van der Waals surface area contributed by atoms with Gasteiger partial charge in [-0.25, -0.2) is 0 Å². The molecule has 0 aromatic rings. The highest BCUT2D eigenvalue weighted by molar-refractivity contribution is 14.0. The number of nitrogens with one attached hydrogen (secondary N) is 2. The number of halogens is 1. The standard InChI is InChI=1S/C20H41N5O2.HI/c1-5-9-17(11-15-26)16-23-20(21-6-2)22-12-8-14-25-13-7-10-18(25)19(27)24(3)4;/h17-18,26H,5-16H2,1-4H3,(H2,21,22,23);1H. The molecule has 0 aromatic carbocycles. The monoisotopic (exact) mass is 511 g/mol. The predicted molar refractivity (Wildman–Crippen MR) is 127 cm³/mol. The van der Waals surface area contributed by atoms with Crippen molar-refractivity contribution in [3.8, 4) is 0 Å². The first kappa shape index (κ1) is 27.4. The first-order valence-electron chi connectivity index (χ1n) is 10.6. The van der Waals surface area contributed by atoms with Gasteiger partial charge >= 0.3 is 0 Å². The van der Waals surface area contributed by atoms with Crippen LogP contribution in [0.25, 0.3) is 0 Å². The number of hydrogen-bond donors (Lipinski definition) is 3. The fourth-order valence-corrected chi connectivity index (χ4v) is 3.64. The van der Waals surface area contributed by atoms with E-state index in [1.807, 2.05) is 14.1 Å². The molecule has 28 heavy (non-hydrogen) atoms. The second kappa shape index (κ2) is 16.2. The molecule has 1 aliphatic heterocycles. The van der Waals surface area contributed by atoms with Crippen molar-refractivity contribution in [2.24, 2.45) is 10.9 Å². The number of aliphatic hydroxyl groups is 1. The summed E-state index contributed by atoms with van der Waals surface area (Å²) in [5.74, 6) is 1.51. The van der Waals surface area contributed by atoms with Crippen LogP contribution in [-0.4, -0.2) is 86.2 Å². The Labute approximate surface area is 188 Å². The van der Waals surface area contributed by atoms with Crippen LogP contribution in [0.4, 0.5) is 0 Å². The van der Waals surface area contributed by atoms with Crippen molar-refractivity contribution in [1.29, 1.82) is 0 Å². The molecule has 0 spiro atoms. The zero-order valence-electron chi connectivity index (χ0n) is 18.2. The SMILES string of the molecule is CCCC(CCO)CN=C(NCC)NCCCN1CCCC1C(=O)N(C)C.I. The van der Waals surface area contributed by atoms with Crippen molar-refractivity contribution in [3.63, 3.8) is 0 Å². The van der Waals surface area contributed by atoms with E-state index in [-0.39, 0.29) is 42.5 Å². The molecule has 0 saturated carbocycles. The molecule has 3 N–H and O–H groups in total. The lowest BCUT2D eigenvalue weighted by Crippen LogP contribution is -2.44. The van der Waals surface area contributed by atoms with E-state index in [1.165, 1.54) is 0 Å². The minimum absolute atomic E-state index is 0. The van der Waals surface area contributed by atoms with Gasteiger partial charge < -0.3 is 20.6 Å². The molecule has 1 amide bonds. The van der Waals surface area contributed by atoms with Gasteiger partial charge in [0.1, 0.15) is 0 Å². The third-order valence-electron chi connectivity index (χ3n) is 5.09. The van der Waals surface area contributed by atoms with Crippen LogP contribution >= 0.6 is 24.0 Å². The van der Waals surface area contributed by atoms with E-state index in [9.17, 15) is 9.90 Å². The van der Waals surface area contributed by atoms with E-state index >= 15 is 0 Å². The van der Waals surface area contributed by atoms with E-state index in [4.69, 9.17) is 4.99 Å². The van der Waals surface area contributed by atoms with E-state index in [1.54, 1.807) is 4.90 Å². The number of aliphatic imine (C=N–C) groups is 1. The number of amides is 1. The molecular weight excluding hydrogens is 469 g/mol. The average Bonchev–Trinajstić information content (AvgIpc) is 3.10. The van der Waals surface area contributed by atoms with Crippen molar-refractivity contribution in [3.05, 3.63) is 0 Å². The summed E-state index contributed by atoms with van der Waals surface area (Å²) in [6.45, 7) is 8.82. The quantitative estimate of drug-likeness (QED) is 0.162. The van der Waals surface area contributed by atoms with Gasteiger partial charge in [0.05, 0.1) is 6.04 Å². The molecule has 2 unspecified atom stereocenters. The summed E-state index contributed by atoms with van der Waals surface area (Å²) in [7, 11) is 3.67. The predicted octanol–water partition coefficient (Wildman–Crippen LogP) is 1.90. The Balaban J connectivity index is 0.00000729. The summed E-state index contributed by atoms with van der Waals surface area (Å²) in [6.07, 6.45) is 6.08. The van der Waals surface area contributed by atoms with Crippen molar-refractivity contribution in [1.82, 2.24) is 20.4 Å². The first-order valence-corrected chi connectivity index (χ1v) is 10.6. The van der Waals surface area contributed by atoms with Gasteiger partial charge in [0.2, 0.25) is 5.91 Å². The number of rotatable bonds is 12. The maximum Gasteiger partial charge on any atom is 0.239 e. The average molecular weight is 511 g/mol. The summed E-state index contributed by atoms with van der Waals surface area (Å²) in [5, 5.41) is 15.9. The van der Waals surface area contributed by atoms with Crippen LogP contribution in [0.3, 0.4) is 0 Å². The van der Waals surface area contributed by atoms with Gasteiger partial charge in [0.25, 0.3) is 0 Å². The summed E-state index contributed by atoms with van der Waals surface area (Å²) < 4.78 is 0. The van der Waals surface area contributed by atoms with E-state index < -0.39 is 0 Å². The summed E-state index contributed by atoms with van der Waals surface area (Å²) in [6, 6.07) is 0.0511. The Bertz CT molecular complexity index is 442. The molecule has 0 bridgehead atoms. The van der Waals surface area contributed by atoms with Gasteiger partial charge in [-0.15, -0.1) is 24.0 Å². The van der Waals surface area contributed by atoms with Crippen molar-refractivity contribution >= 4 is 35.8 Å². The van der Waals surface area contributed by atoms with Crippen LogP contribution in [0, 0.1) is 5.92 Å². The third-order valence-corrected chi connectivity index (χ3v) is 5.09. The molecule has 1 heterocycles. The van der Waals surface area contributed by atoms with Crippen LogP contribution in [0.5, 0.6) is 0 Å².